The molecule has 1 rings (SSSR count). The summed E-state index contributed by atoms with van der Waals surface area (Å²) >= 11 is 0. The summed E-state index contributed by atoms with van der Waals surface area (Å²) in [5.41, 5.74) is 6.35. The number of nitrogens with two attached hydrogens (primary N) is 1. The van der Waals surface area contributed by atoms with Crippen LogP contribution in [0.5, 0.6) is 0 Å². The molecule has 0 spiro atoms. The van der Waals surface area contributed by atoms with E-state index in [-0.39, 0.29) is 17.3 Å². The van der Waals surface area contributed by atoms with Crippen molar-refractivity contribution in [2.75, 3.05) is 6.54 Å². The van der Waals surface area contributed by atoms with Crippen LogP contribution in [0.3, 0.4) is 0 Å². The number of carbonyl (C=O) groups is 1. The van der Waals surface area contributed by atoms with Crippen LogP contribution in [0.25, 0.3) is 0 Å². The van der Waals surface area contributed by atoms with E-state index in [0.717, 1.165) is 5.56 Å². The van der Waals surface area contributed by atoms with Crippen molar-refractivity contribution in [2.45, 2.75) is 45.7 Å². The second-order valence-electron chi connectivity index (χ2n) is 5.53. The number of hydrogen-bond acceptors (Lipinski definition) is 2. The fourth-order valence-electron chi connectivity index (χ4n) is 1.82. The number of hydrogen-bond donors (Lipinski definition) is 1. The summed E-state index contributed by atoms with van der Waals surface area (Å²) in [6, 6.07) is 6.35. The third-order valence-corrected chi connectivity index (χ3v) is 2.98. The van der Waals surface area contributed by atoms with Gasteiger partial charge in [0, 0.05) is 25.0 Å². The average molecular weight is 266 g/mol. The number of amides is 1. The summed E-state index contributed by atoms with van der Waals surface area (Å²) in [7, 11) is 0. The minimum absolute atomic E-state index is 0.0605. The molecule has 0 unspecified atom stereocenters. The summed E-state index contributed by atoms with van der Waals surface area (Å²) in [5.74, 6) is -0.214. The molecule has 1 amide bonds. The molecular weight excluding hydrogens is 243 g/mol. The van der Waals surface area contributed by atoms with E-state index >= 15 is 0 Å². The molecule has 0 radical (unpaired) electrons. The molecule has 0 aromatic heterocycles. The van der Waals surface area contributed by atoms with Crippen molar-refractivity contribution in [3.63, 3.8) is 0 Å². The maximum atomic E-state index is 13.1. The fraction of sp³-hybridized carbons (Fsp3) is 0.533. The van der Waals surface area contributed by atoms with Crippen molar-refractivity contribution >= 4 is 5.91 Å². The number of nitrogens with zero attached hydrogens (tertiary/aromatic N) is 1. The van der Waals surface area contributed by atoms with E-state index in [4.69, 9.17) is 5.73 Å². The van der Waals surface area contributed by atoms with Crippen LogP contribution in [0.4, 0.5) is 4.39 Å². The van der Waals surface area contributed by atoms with Crippen LogP contribution < -0.4 is 5.73 Å². The molecule has 0 aliphatic heterocycles. The third-order valence-electron chi connectivity index (χ3n) is 2.98. The van der Waals surface area contributed by atoms with Gasteiger partial charge in [0.1, 0.15) is 5.82 Å². The highest BCUT2D eigenvalue weighted by molar-refractivity contribution is 5.76. The number of halogens is 1. The Bertz CT molecular complexity index is 426. The molecule has 19 heavy (non-hydrogen) atoms. The smallest absolute Gasteiger partial charge is 0.222 e. The molecule has 0 heterocycles. The molecule has 0 saturated heterocycles. The lowest BCUT2D eigenvalue weighted by Gasteiger charge is -2.24. The van der Waals surface area contributed by atoms with Crippen molar-refractivity contribution in [2.24, 2.45) is 5.73 Å². The van der Waals surface area contributed by atoms with Gasteiger partial charge in [0.2, 0.25) is 5.91 Å². The first-order chi connectivity index (χ1) is 8.81. The van der Waals surface area contributed by atoms with Crippen LogP contribution in [-0.4, -0.2) is 22.9 Å². The van der Waals surface area contributed by atoms with Crippen molar-refractivity contribution in [1.82, 2.24) is 4.90 Å². The number of rotatable bonds is 6. The first-order valence-electron chi connectivity index (χ1n) is 6.63. The molecule has 0 saturated carbocycles. The number of benzene rings is 1. The minimum Gasteiger partial charge on any atom is -0.339 e. The van der Waals surface area contributed by atoms with Gasteiger partial charge in [-0.1, -0.05) is 12.1 Å². The van der Waals surface area contributed by atoms with Gasteiger partial charge in [-0.3, -0.25) is 4.79 Å². The molecule has 0 fully saturated rings. The van der Waals surface area contributed by atoms with Crippen molar-refractivity contribution < 1.29 is 9.18 Å². The Kier molecular flexibility index (Phi) is 5.48. The molecule has 106 valence electrons. The Balaban J connectivity index is 2.60. The summed E-state index contributed by atoms with van der Waals surface area (Å²) in [6.07, 6.45) is 1.07. The maximum absolute atomic E-state index is 13.1. The first-order valence-corrected chi connectivity index (χ1v) is 6.63. The summed E-state index contributed by atoms with van der Waals surface area (Å²) < 4.78 is 13.1. The summed E-state index contributed by atoms with van der Waals surface area (Å²) in [4.78, 5) is 13.8. The van der Waals surface area contributed by atoms with Gasteiger partial charge in [-0.25, -0.2) is 4.39 Å². The Labute approximate surface area is 114 Å². The lowest BCUT2D eigenvalue weighted by Crippen LogP contribution is -2.36. The zero-order valence-corrected chi connectivity index (χ0v) is 11.9. The predicted octanol–water partition coefficient (Wildman–Crippen LogP) is 2.69. The maximum Gasteiger partial charge on any atom is 0.222 e. The van der Waals surface area contributed by atoms with Gasteiger partial charge in [-0.2, -0.15) is 0 Å². The lowest BCUT2D eigenvalue weighted by molar-refractivity contribution is -0.132. The van der Waals surface area contributed by atoms with Gasteiger partial charge in [-0.05, 0) is 44.9 Å². The molecule has 0 aliphatic rings. The Morgan fingerprint density at radius 3 is 2.63 bits per heavy atom. The predicted molar refractivity (Wildman–Crippen MR) is 75.0 cm³/mol. The van der Waals surface area contributed by atoms with E-state index < -0.39 is 0 Å². The van der Waals surface area contributed by atoms with Crippen molar-refractivity contribution in [3.8, 4) is 0 Å². The monoisotopic (exact) mass is 266 g/mol. The third kappa shape index (κ3) is 5.83. The van der Waals surface area contributed by atoms with Crippen LogP contribution in [0.2, 0.25) is 0 Å². The van der Waals surface area contributed by atoms with E-state index in [9.17, 15) is 9.18 Å². The molecule has 0 atom stereocenters. The van der Waals surface area contributed by atoms with Gasteiger partial charge in [0.15, 0.2) is 0 Å². The minimum atomic E-state index is -0.339. The zero-order valence-electron chi connectivity index (χ0n) is 11.9. The molecule has 1 aromatic rings. The Morgan fingerprint density at radius 2 is 2.11 bits per heavy atom. The van der Waals surface area contributed by atoms with Crippen molar-refractivity contribution in [1.29, 1.82) is 0 Å². The highest BCUT2D eigenvalue weighted by atomic mass is 19.1. The standard InChI is InChI=1S/C15H23FN2O/c1-4-18(14(19)8-9-15(2,3)17)11-12-6-5-7-13(16)10-12/h5-7,10H,4,8-9,11,17H2,1-3H3. The van der Waals surface area contributed by atoms with E-state index in [1.807, 2.05) is 26.8 Å². The van der Waals surface area contributed by atoms with Crippen LogP contribution in [0, 0.1) is 5.82 Å². The topological polar surface area (TPSA) is 46.3 Å². The second-order valence-corrected chi connectivity index (χ2v) is 5.53. The highest BCUT2D eigenvalue weighted by Crippen LogP contribution is 2.12. The number of carbonyl (C=O) groups excluding carboxylic acids is 1. The first kappa shape index (κ1) is 15.6. The zero-order chi connectivity index (χ0) is 14.5. The molecule has 0 bridgehead atoms. The van der Waals surface area contributed by atoms with Gasteiger partial charge in [-0.15, -0.1) is 0 Å². The largest absolute Gasteiger partial charge is 0.339 e. The normalized spacial score (nSPS) is 11.4. The molecule has 1 aromatic carbocycles. The molecule has 2 N–H and O–H groups in total. The van der Waals surface area contributed by atoms with Gasteiger partial charge >= 0.3 is 0 Å². The fourth-order valence-corrected chi connectivity index (χ4v) is 1.82. The molecule has 4 heteroatoms. The highest BCUT2D eigenvalue weighted by Gasteiger charge is 2.17. The summed E-state index contributed by atoms with van der Waals surface area (Å²) in [6.45, 7) is 6.79. The van der Waals surface area contributed by atoms with Gasteiger partial charge in [0.25, 0.3) is 0 Å². The van der Waals surface area contributed by atoms with Crippen LogP contribution in [0.1, 0.15) is 39.2 Å². The molecule has 0 aliphatic carbocycles. The van der Waals surface area contributed by atoms with Crippen LogP contribution in [-0.2, 0) is 11.3 Å². The quantitative estimate of drug-likeness (QED) is 0.860. The van der Waals surface area contributed by atoms with Gasteiger partial charge < -0.3 is 10.6 Å². The molecular formula is C15H23FN2O. The lowest BCUT2D eigenvalue weighted by atomic mass is 9.99. The van der Waals surface area contributed by atoms with E-state index in [1.54, 1.807) is 11.0 Å². The Hall–Kier alpha value is -1.42. The SMILES string of the molecule is CCN(Cc1cccc(F)c1)C(=O)CCC(C)(C)N. The summed E-state index contributed by atoms with van der Waals surface area (Å²) in [5, 5.41) is 0. The molecule has 3 nitrogen and oxygen atoms in total. The second kappa shape index (κ2) is 6.66. The van der Waals surface area contributed by atoms with Crippen molar-refractivity contribution in [3.05, 3.63) is 35.6 Å². The average Bonchev–Trinajstić information content (AvgIpc) is 2.32. The van der Waals surface area contributed by atoms with E-state index in [2.05, 4.69) is 0 Å². The van der Waals surface area contributed by atoms with E-state index in [1.165, 1.54) is 12.1 Å². The van der Waals surface area contributed by atoms with E-state index in [0.29, 0.717) is 25.9 Å². The Morgan fingerprint density at radius 1 is 1.42 bits per heavy atom. The van der Waals surface area contributed by atoms with Gasteiger partial charge in [0.05, 0.1) is 0 Å². The van der Waals surface area contributed by atoms with Crippen LogP contribution >= 0.6 is 0 Å². The van der Waals surface area contributed by atoms with Crippen LogP contribution in [0.15, 0.2) is 24.3 Å².